The lowest BCUT2D eigenvalue weighted by molar-refractivity contribution is -0.606. The number of piperidine rings is 1. The molecule has 27 heavy (non-hydrogen) atoms. The molecule has 4 heterocycles. The molecule has 1 saturated heterocycles. The highest BCUT2D eigenvalue weighted by molar-refractivity contribution is 5.46. The number of fused-ring (bicyclic) bond motifs is 1. The van der Waals surface area contributed by atoms with Crippen LogP contribution in [0.1, 0.15) is 24.2 Å². The van der Waals surface area contributed by atoms with Gasteiger partial charge in [0.2, 0.25) is 0 Å². The Labute approximate surface area is 151 Å². The molecule has 0 radical (unpaired) electrons. The lowest BCUT2D eigenvalue weighted by Gasteiger charge is -2.38. The topological polar surface area (TPSA) is 93.5 Å². The molecule has 0 amide bonds. The molecule has 0 unspecified atom stereocenters. The van der Waals surface area contributed by atoms with E-state index in [4.69, 9.17) is 0 Å². The number of aromatic nitrogens is 5. The van der Waals surface area contributed by atoms with E-state index in [1.807, 2.05) is 0 Å². The highest BCUT2D eigenvalue weighted by Gasteiger charge is 2.39. The number of alkyl halides is 3. The average Bonchev–Trinajstić information content (AvgIpc) is 3.06. The van der Waals surface area contributed by atoms with Gasteiger partial charge >= 0.3 is 6.18 Å². The summed E-state index contributed by atoms with van der Waals surface area (Å²) in [6.45, 7) is 0.735. The van der Waals surface area contributed by atoms with Gasteiger partial charge in [0, 0.05) is 24.7 Å². The SMILES string of the molecule is [O-][n+]1cccc(C2(O)CCN(c3ccc4nnc(C(F)(F)F)n4n3)CC2)c1. The van der Waals surface area contributed by atoms with E-state index in [0.717, 1.165) is 0 Å². The molecule has 8 nitrogen and oxygen atoms in total. The van der Waals surface area contributed by atoms with Crippen molar-refractivity contribution in [2.75, 3.05) is 18.0 Å². The summed E-state index contributed by atoms with van der Waals surface area (Å²) >= 11 is 0. The number of hydrogen-bond donors (Lipinski definition) is 1. The first kappa shape index (κ1) is 17.5. The third-order valence-corrected chi connectivity index (χ3v) is 4.73. The molecule has 1 aliphatic heterocycles. The minimum Gasteiger partial charge on any atom is -0.619 e. The van der Waals surface area contributed by atoms with Gasteiger partial charge in [-0.05, 0) is 31.0 Å². The van der Waals surface area contributed by atoms with E-state index in [1.165, 1.54) is 18.5 Å². The molecule has 0 aliphatic carbocycles. The third-order valence-electron chi connectivity index (χ3n) is 4.73. The zero-order chi connectivity index (χ0) is 19.2. The van der Waals surface area contributed by atoms with Crippen LogP contribution in [-0.4, -0.2) is 38.0 Å². The van der Waals surface area contributed by atoms with Crippen molar-refractivity contribution >= 4 is 11.5 Å². The van der Waals surface area contributed by atoms with Gasteiger partial charge in [-0.15, -0.1) is 15.3 Å². The number of anilines is 1. The Morgan fingerprint density at radius 3 is 2.56 bits per heavy atom. The van der Waals surface area contributed by atoms with E-state index < -0.39 is 17.6 Å². The number of nitrogens with zero attached hydrogens (tertiary/aromatic N) is 6. The van der Waals surface area contributed by atoms with E-state index in [9.17, 15) is 23.5 Å². The number of aliphatic hydroxyl groups is 1. The van der Waals surface area contributed by atoms with E-state index in [-0.39, 0.29) is 5.65 Å². The molecule has 1 aliphatic rings. The summed E-state index contributed by atoms with van der Waals surface area (Å²) in [7, 11) is 0. The third kappa shape index (κ3) is 3.14. The van der Waals surface area contributed by atoms with Crippen molar-refractivity contribution in [3.8, 4) is 0 Å². The van der Waals surface area contributed by atoms with Crippen molar-refractivity contribution < 1.29 is 23.0 Å². The Kier molecular flexibility index (Phi) is 3.91. The molecule has 0 atom stereocenters. The zero-order valence-corrected chi connectivity index (χ0v) is 14.0. The number of rotatable bonds is 2. The lowest BCUT2D eigenvalue weighted by Crippen LogP contribution is -2.44. The predicted molar refractivity (Wildman–Crippen MR) is 86.5 cm³/mol. The van der Waals surface area contributed by atoms with Gasteiger partial charge < -0.3 is 15.2 Å². The van der Waals surface area contributed by atoms with Crippen molar-refractivity contribution in [3.63, 3.8) is 0 Å². The first-order valence-electron chi connectivity index (χ1n) is 8.23. The summed E-state index contributed by atoms with van der Waals surface area (Å²) in [5.41, 5.74) is -0.646. The summed E-state index contributed by atoms with van der Waals surface area (Å²) in [6.07, 6.45) is -1.38. The molecule has 4 rings (SSSR count). The predicted octanol–water partition coefficient (Wildman–Crippen LogP) is 1.26. The molecular formula is C16H15F3N6O2. The first-order chi connectivity index (χ1) is 12.8. The minimum absolute atomic E-state index is 0.00359. The van der Waals surface area contributed by atoms with Crippen LogP contribution in [0.5, 0.6) is 0 Å². The fourth-order valence-electron chi connectivity index (χ4n) is 3.25. The maximum atomic E-state index is 13.0. The van der Waals surface area contributed by atoms with Crippen LogP contribution in [0, 0.1) is 5.21 Å². The second-order valence-electron chi connectivity index (χ2n) is 6.45. The van der Waals surface area contributed by atoms with Gasteiger partial charge in [-0.3, -0.25) is 0 Å². The number of pyridine rings is 1. The van der Waals surface area contributed by atoms with Crippen LogP contribution in [0.3, 0.4) is 0 Å². The van der Waals surface area contributed by atoms with Crippen molar-refractivity contribution in [1.82, 2.24) is 19.8 Å². The largest absolute Gasteiger partial charge is 0.619 e. The fourth-order valence-corrected chi connectivity index (χ4v) is 3.25. The van der Waals surface area contributed by atoms with Crippen LogP contribution in [0.25, 0.3) is 5.65 Å². The molecule has 142 valence electrons. The molecule has 11 heteroatoms. The van der Waals surface area contributed by atoms with Gasteiger partial charge in [-0.1, -0.05) is 0 Å². The van der Waals surface area contributed by atoms with Gasteiger partial charge in [0.1, 0.15) is 5.82 Å². The highest BCUT2D eigenvalue weighted by Crippen LogP contribution is 2.34. The quantitative estimate of drug-likeness (QED) is 0.532. The Hall–Kier alpha value is -2.95. The van der Waals surface area contributed by atoms with Gasteiger partial charge in [-0.2, -0.15) is 22.4 Å². The lowest BCUT2D eigenvalue weighted by atomic mass is 9.85. The standard InChI is InChI=1S/C16H15F3N6O2/c17-16(18,19)14-21-20-12-3-4-13(22-25(12)14)23-8-5-15(26,6-9-23)11-2-1-7-24(27)10-11/h1-4,7,10,26H,5-6,8-9H2. The molecule has 0 aromatic carbocycles. The van der Waals surface area contributed by atoms with Crippen molar-refractivity contribution in [2.45, 2.75) is 24.6 Å². The van der Waals surface area contributed by atoms with Crippen molar-refractivity contribution in [2.24, 2.45) is 0 Å². The minimum atomic E-state index is -4.66. The van der Waals surface area contributed by atoms with Gasteiger partial charge in [-0.25, -0.2) is 0 Å². The molecule has 0 bridgehead atoms. The van der Waals surface area contributed by atoms with Crippen LogP contribution in [-0.2, 0) is 11.8 Å². The number of halogens is 3. The highest BCUT2D eigenvalue weighted by atomic mass is 19.4. The molecular weight excluding hydrogens is 365 g/mol. The normalized spacial score (nSPS) is 17.4. The van der Waals surface area contributed by atoms with E-state index in [0.29, 0.717) is 46.6 Å². The second kappa shape index (κ2) is 6.05. The number of hydrogen-bond acceptors (Lipinski definition) is 6. The van der Waals surface area contributed by atoms with Gasteiger partial charge in [0.05, 0.1) is 5.60 Å². The van der Waals surface area contributed by atoms with Crippen molar-refractivity contribution in [1.29, 1.82) is 0 Å². The maximum Gasteiger partial charge on any atom is 0.453 e. The van der Waals surface area contributed by atoms with Crippen LogP contribution in [0.2, 0.25) is 0 Å². The summed E-state index contributed by atoms with van der Waals surface area (Å²) in [4.78, 5) is 1.78. The molecule has 3 aromatic heterocycles. The Bertz CT molecular complexity index is 982. The van der Waals surface area contributed by atoms with Crippen LogP contribution < -0.4 is 9.63 Å². The molecule has 3 aromatic rings. The van der Waals surface area contributed by atoms with Gasteiger partial charge in [0.15, 0.2) is 18.0 Å². The molecule has 1 N–H and O–H groups in total. The molecule has 0 saturated carbocycles. The molecule has 0 spiro atoms. The van der Waals surface area contributed by atoms with Crippen LogP contribution >= 0.6 is 0 Å². The van der Waals surface area contributed by atoms with Crippen LogP contribution in [0.15, 0.2) is 36.7 Å². The monoisotopic (exact) mass is 380 g/mol. The fraction of sp³-hybridized carbons (Fsp3) is 0.375. The average molecular weight is 380 g/mol. The summed E-state index contributed by atoms with van der Waals surface area (Å²) in [5.74, 6) is -0.848. The van der Waals surface area contributed by atoms with E-state index in [1.54, 1.807) is 23.1 Å². The zero-order valence-electron chi connectivity index (χ0n) is 14.0. The Morgan fingerprint density at radius 1 is 1.15 bits per heavy atom. The maximum absolute atomic E-state index is 13.0. The summed E-state index contributed by atoms with van der Waals surface area (Å²) in [5, 5.41) is 33.0. The summed E-state index contributed by atoms with van der Waals surface area (Å²) in [6, 6.07) is 6.24. The van der Waals surface area contributed by atoms with Gasteiger partial charge in [0.25, 0.3) is 5.82 Å². The Balaban J connectivity index is 1.58. The van der Waals surface area contributed by atoms with Crippen LogP contribution in [0.4, 0.5) is 19.0 Å². The summed E-state index contributed by atoms with van der Waals surface area (Å²) < 4.78 is 40.3. The Morgan fingerprint density at radius 2 is 1.89 bits per heavy atom. The van der Waals surface area contributed by atoms with E-state index >= 15 is 0 Å². The van der Waals surface area contributed by atoms with E-state index in [2.05, 4.69) is 15.3 Å². The molecule has 1 fully saturated rings. The second-order valence-corrected chi connectivity index (χ2v) is 6.45. The first-order valence-corrected chi connectivity index (χ1v) is 8.23. The van der Waals surface area contributed by atoms with Crippen molar-refractivity contribution in [3.05, 3.63) is 53.3 Å². The smallest absolute Gasteiger partial charge is 0.453 e.